The van der Waals surface area contributed by atoms with Crippen molar-refractivity contribution in [2.24, 2.45) is 0 Å². The Hall–Kier alpha value is -3.77. The van der Waals surface area contributed by atoms with Gasteiger partial charge in [0.2, 0.25) is 5.91 Å². The fourth-order valence-corrected chi connectivity index (χ4v) is 4.89. The topological polar surface area (TPSA) is 67.5 Å². The lowest BCUT2D eigenvalue weighted by Gasteiger charge is -2.44. The third-order valence-electron chi connectivity index (χ3n) is 6.58. The monoisotopic (exact) mass is 487 g/mol. The van der Waals surface area contributed by atoms with Gasteiger partial charge in [-0.15, -0.1) is 0 Å². The molecule has 0 saturated carbocycles. The molecule has 0 radical (unpaired) electrons. The van der Waals surface area contributed by atoms with Gasteiger partial charge in [-0.2, -0.15) is 0 Å². The van der Waals surface area contributed by atoms with Gasteiger partial charge in [0.25, 0.3) is 5.91 Å². The van der Waals surface area contributed by atoms with Gasteiger partial charge in [0.1, 0.15) is 17.0 Å². The maximum atomic E-state index is 13.9. The number of furan rings is 1. The first-order valence-corrected chi connectivity index (χ1v) is 11.8. The maximum absolute atomic E-state index is 13.9. The Kier molecular flexibility index (Phi) is 5.77. The minimum Gasteiger partial charge on any atom is -0.463 e. The zero-order valence-electron chi connectivity index (χ0n) is 19.8. The lowest BCUT2D eigenvalue weighted by atomic mass is 9.92. The number of nitrogens with one attached hydrogen (secondary N) is 1. The van der Waals surface area contributed by atoms with Gasteiger partial charge in [-0.3, -0.25) is 14.5 Å². The fraction of sp³-hybridized carbons (Fsp3) is 0.214. The van der Waals surface area contributed by atoms with Gasteiger partial charge in [-0.1, -0.05) is 41.4 Å². The van der Waals surface area contributed by atoms with Gasteiger partial charge in [0, 0.05) is 17.3 Å². The SMILES string of the molecule is Cc1ccc(N2C(=O)c3ccc(-c4ccco4)n3C[C@@]2(C)C(=O)NCc2ccc(Cl)cc2)c(C)c1. The predicted molar refractivity (Wildman–Crippen MR) is 137 cm³/mol. The van der Waals surface area contributed by atoms with Gasteiger partial charge in [0.05, 0.1) is 18.5 Å². The van der Waals surface area contributed by atoms with Crippen molar-refractivity contribution in [3.63, 3.8) is 0 Å². The van der Waals surface area contributed by atoms with Crippen molar-refractivity contribution in [3.8, 4) is 11.5 Å². The molecule has 6 nitrogen and oxygen atoms in total. The standard InChI is InChI=1S/C28H26ClN3O3/c1-18-6-11-22(19(2)15-18)32-26(33)24-13-12-23(25-5-4-14-35-25)31(24)17-28(32,3)27(34)30-16-20-7-9-21(29)10-8-20/h4-15H,16-17H2,1-3H3,(H,30,34)/t28-/m0/s1. The number of benzene rings is 2. The lowest BCUT2D eigenvalue weighted by Crippen LogP contribution is -2.64. The van der Waals surface area contributed by atoms with E-state index in [4.69, 9.17) is 16.0 Å². The molecule has 2 amide bonds. The van der Waals surface area contributed by atoms with Crippen molar-refractivity contribution in [1.29, 1.82) is 0 Å². The molecule has 5 rings (SSSR count). The van der Waals surface area contributed by atoms with E-state index in [1.807, 2.05) is 67.8 Å². The normalized spacial score (nSPS) is 17.4. The molecule has 2 aromatic carbocycles. The smallest absolute Gasteiger partial charge is 0.275 e. The average molecular weight is 488 g/mol. The van der Waals surface area contributed by atoms with E-state index >= 15 is 0 Å². The number of rotatable bonds is 5. The number of amides is 2. The highest BCUT2D eigenvalue weighted by atomic mass is 35.5. The molecule has 0 unspecified atom stereocenters. The summed E-state index contributed by atoms with van der Waals surface area (Å²) >= 11 is 6.00. The summed E-state index contributed by atoms with van der Waals surface area (Å²) in [6.07, 6.45) is 1.60. The summed E-state index contributed by atoms with van der Waals surface area (Å²) in [7, 11) is 0. The van der Waals surface area contributed by atoms with E-state index in [0.717, 1.165) is 28.1 Å². The zero-order valence-corrected chi connectivity index (χ0v) is 20.6. The molecular weight excluding hydrogens is 462 g/mol. The Morgan fingerprint density at radius 1 is 1.06 bits per heavy atom. The Morgan fingerprint density at radius 2 is 1.80 bits per heavy atom. The van der Waals surface area contributed by atoms with Crippen molar-refractivity contribution in [3.05, 3.63) is 100 Å². The van der Waals surface area contributed by atoms with Gasteiger partial charge >= 0.3 is 0 Å². The summed E-state index contributed by atoms with van der Waals surface area (Å²) < 4.78 is 7.49. The third kappa shape index (κ3) is 4.04. The summed E-state index contributed by atoms with van der Waals surface area (Å²) in [6.45, 7) is 6.38. The molecule has 1 atom stereocenters. The Labute approximate surface area is 209 Å². The van der Waals surface area contributed by atoms with E-state index in [-0.39, 0.29) is 18.4 Å². The molecule has 1 aliphatic heterocycles. The van der Waals surface area contributed by atoms with E-state index in [1.165, 1.54) is 0 Å². The lowest BCUT2D eigenvalue weighted by molar-refractivity contribution is -0.126. The highest BCUT2D eigenvalue weighted by molar-refractivity contribution is 6.30. The second kappa shape index (κ2) is 8.78. The Bertz CT molecular complexity index is 1410. The first-order valence-electron chi connectivity index (χ1n) is 11.5. The maximum Gasteiger partial charge on any atom is 0.275 e. The molecule has 2 aromatic heterocycles. The van der Waals surface area contributed by atoms with Gasteiger partial charge in [-0.05, 0) is 74.4 Å². The van der Waals surface area contributed by atoms with E-state index in [1.54, 1.807) is 35.4 Å². The minimum absolute atomic E-state index is 0.231. The van der Waals surface area contributed by atoms with Crippen LogP contribution in [0.3, 0.4) is 0 Å². The number of aromatic nitrogens is 1. The van der Waals surface area contributed by atoms with E-state index in [9.17, 15) is 9.59 Å². The average Bonchev–Trinajstić information content (AvgIpc) is 3.49. The largest absolute Gasteiger partial charge is 0.463 e. The molecule has 35 heavy (non-hydrogen) atoms. The van der Waals surface area contributed by atoms with Crippen LogP contribution in [0.5, 0.6) is 0 Å². The molecule has 7 heteroatoms. The number of hydrogen-bond donors (Lipinski definition) is 1. The van der Waals surface area contributed by atoms with Crippen LogP contribution in [-0.4, -0.2) is 21.9 Å². The predicted octanol–water partition coefficient (Wildman–Crippen LogP) is 5.75. The molecule has 0 saturated heterocycles. The van der Waals surface area contributed by atoms with E-state index in [0.29, 0.717) is 23.0 Å². The van der Waals surface area contributed by atoms with Crippen LogP contribution < -0.4 is 10.2 Å². The fourth-order valence-electron chi connectivity index (χ4n) is 4.76. The number of halogens is 1. The molecule has 3 heterocycles. The van der Waals surface area contributed by atoms with Crippen molar-refractivity contribution in [2.45, 2.75) is 39.4 Å². The number of hydrogen-bond acceptors (Lipinski definition) is 3. The molecule has 0 bridgehead atoms. The van der Waals surface area contributed by atoms with Gasteiger partial charge < -0.3 is 14.3 Å². The van der Waals surface area contributed by atoms with Crippen LogP contribution in [0.1, 0.15) is 34.1 Å². The quantitative estimate of drug-likeness (QED) is 0.389. The second-order valence-corrected chi connectivity index (χ2v) is 9.62. The summed E-state index contributed by atoms with van der Waals surface area (Å²) in [6, 6.07) is 20.5. The van der Waals surface area contributed by atoms with Crippen molar-refractivity contribution >= 4 is 29.1 Å². The second-order valence-electron chi connectivity index (χ2n) is 9.18. The number of carbonyl (C=O) groups excluding carboxylic acids is 2. The van der Waals surface area contributed by atoms with Crippen LogP contribution in [0.4, 0.5) is 5.69 Å². The number of fused-ring (bicyclic) bond motifs is 1. The van der Waals surface area contributed by atoms with Crippen LogP contribution in [0.25, 0.3) is 11.5 Å². The molecular formula is C28H26ClN3O3. The van der Waals surface area contributed by atoms with Crippen molar-refractivity contribution in [1.82, 2.24) is 9.88 Å². The molecule has 1 N–H and O–H groups in total. The highest BCUT2D eigenvalue weighted by Crippen LogP contribution is 2.38. The van der Waals surface area contributed by atoms with Gasteiger partial charge in [0.15, 0.2) is 0 Å². The minimum atomic E-state index is -1.18. The molecule has 178 valence electrons. The molecule has 4 aromatic rings. The summed E-state index contributed by atoms with van der Waals surface area (Å²) in [5, 5.41) is 3.68. The zero-order chi connectivity index (χ0) is 24.7. The van der Waals surface area contributed by atoms with Crippen LogP contribution in [0.2, 0.25) is 5.02 Å². The van der Waals surface area contributed by atoms with Crippen molar-refractivity contribution < 1.29 is 14.0 Å². The molecule has 1 aliphatic rings. The van der Waals surface area contributed by atoms with Crippen molar-refractivity contribution in [2.75, 3.05) is 4.90 Å². The van der Waals surface area contributed by atoms with Crippen LogP contribution in [0.15, 0.2) is 77.4 Å². The molecule has 0 spiro atoms. The van der Waals surface area contributed by atoms with E-state index in [2.05, 4.69) is 5.32 Å². The first kappa shape index (κ1) is 23.0. The summed E-state index contributed by atoms with van der Waals surface area (Å²) in [5.74, 6) is 0.170. The van der Waals surface area contributed by atoms with Crippen LogP contribution >= 0.6 is 11.6 Å². The number of aryl methyl sites for hydroxylation is 2. The van der Waals surface area contributed by atoms with Gasteiger partial charge in [-0.25, -0.2) is 0 Å². The van der Waals surface area contributed by atoms with Crippen LogP contribution in [-0.2, 0) is 17.9 Å². The number of anilines is 1. The van der Waals surface area contributed by atoms with Crippen LogP contribution in [0, 0.1) is 13.8 Å². The van der Waals surface area contributed by atoms with E-state index < -0.39 is 5.54 Å². The summed E-state index contributed by atoms with van der Waals surface area (Å²) in [4.78, 5) is 29.4. The molecule has 0 aliphatic carbocycles. The number of carbonyl (C=O) groups is 2. The number of nitrogens with zero attached hydrogens (tertiary/aromatic N) is 2. The molecule has 0 fully saturated rings. The Balaban J connectivity index is 1.57. The summed E-state index contributed by atoms with van der Waals surface area (Å²) in [5.41, 5.74) is 3.75. The third-order valence-corrected chi connectivity index (χ3v) is 6.84. The highest BCUT2D eigenvalue weighted by Gasteiger charge is 2.49. The Morgan fingerprint density at radius 3 is 2.49 bits per heavy atom. The first-order chi connectivity index (χ1) is 16.8.